The second kappa shape index (κ2) is 6.31. The molecule has 0 unspecified atom stereocenters. The molecule has 0 fully saturated rings. The Balaban J connectivity index is 1.69. The number of hydrogen-bond donors (Lipinski definition) is 0. The predicted octanol–water partition coefficient (Wildman–Crippen LogP) is 3.70. The van der Waals surface area contributed by atoms with Crippen LogP contribution in [-0.4, -0.2) is 16.1 Å². The number of benzene rings is 1. The van der Waals surface area contributed by atoms with Crippen LogP contribution >= 0.6 is 0 Å². The topological polar surface area (TPSA) is 74.5 Å². The summed E-state index contributed by atoms with van der Waals surface area (Å²) in [7, 11) is 0. The molecule has 23 heavy (non-hydrogen) atoms. The summed E-state index contributed by atoms with van der Waals surface area (Å²) < 4.78 is 15.8. The average molecular weight is 310 g/mol. The van der Waals surface area contributed by atoms with E-state index in [0.29, 0.717) is 34.4 Å². The summed E-state index contributed by atoms with van der Waals surface area (Å²) in [6.07, 6.45) is 1.65. The van der Waals surface area contributed by atoms with Crippen LogP contribution in [0.25, 0.3) is 0 Å². The summed E-state index contributed by atoms with van der Waals surface area (Å²) >= 11 is 0. The van der Waals surface area contributed by atoms with Crippen LogP contribution in [0.3, 0.4) is 0 Å². The molecular formula is C17H14N2O4. The fourth-order valence-electron chi connectivity index (χ4n) is 2.04. The lowest BCUT2D eigenvalue weighted by atomic mass is 10.2. The van der Waals surface area contributed by atoms with Crippen molar-refractivity contribution in [1.29, 1.82) is 0 Å². The number of rotatable bonds is 4. The van der Waals surface area contributed by atoms with E-state index in [9.17, 15) is 4.79 Å². The van der Waals surface area contributed by atoms with Gasteiger partial charge in [-0.05, 0) is 44.2 Å². The highest BCUT2D eigenvalue weighted by molar-refractivity contribution is 5.93. The first-order valence-corrected chi connectivity index (χ1v) is 6.97. The molecule has 3 rings (SSSR count). The number of esters is 1. The van der Waals surface area contributed by atoms with Crippen LogP contribution in [0.4, 0.5) is 0 Å². The number of aromatic nitrogens is 2. The van der Waals surface area contributed by atoms with Crippen molar-refractivity contribution < 1.29 is 18.8 Å². The zero-order valence-electron chi connectivity index (χ0n) is 12.6. The molecule has 0 atom stereocenters. The van der Waals surface area contributed by atoms with Crippen LogP contribution in [0.1, 0.15) is 21.8 Å². The Labute approximate surface area is 132 Å². The third-order valence-corrected chi connectivity index (χ3v) is 3.13. The van der Waals surface area contributed by atoms with E-state index in [1.165, 1.54) is 0 Å². The molecule has 0 aliphatic heterocycles. The van der Waals surface area contributed by atoms with E-state index >= 15 is 0 Å². The van der Waals surface area contributed by atoms with Crippen LogP contribution in [0.15, 0.2) is 53.2 Å². The highest BCUT2D eigenvalue weighted by Gasteiger charge is 2.19. The normalized spacial score (nSPS) is 10.3. The molecule has 0 saturated carbocycles. The van der Waals surface area contributed by atoms with E-state index in [1.807, 2.05) is 12.1 Å². The van der Waals surface area contributed by atoms with Crippen LogP contribution in [0.5, 0.6) is 17.4 Å². The average Bonchev–Trinajstić information content (AvgIpc) is 2.89. The first-order valence-electron chi connectivity index (χ1n) is 6.97. The minimum atomic E-state index is -0.500. The number of pyridine rings is 1. The molecule has 1 aromatic carbocycles. The monoisotopic (exact) mass is 310 g/mol. The van der Waals surface area contributed by atoms with Crippen LogP contribution in [0, 0.1) is 13.8 Å². The molecule has 3 aromatic rings. The van der Waals surface area contributed by atoms with Crippen LogP contribution in [0.2, 0.25) is 0 Å². The van der Waals surface area contributed by atoms with Crippen molar-refractivity contribution in [2.45, 2.75) is 13.8 Å². The number of carbonyl (C=O) groups is 1. The minimum absolute atomic E-state index is 0.346. The first-order chi connectivity index (χ1) is 11.1. The van der Waals surface area contributed by atoms with Crippen LogP contribution in [-0.2, 0) is 0 Å². The Morgan fingerprint density at radius 1 is 1.04 bits per heavy atom. The second-order valence-corrected chi connectivity index (χ2v) is 4.83. The van der Waals surface area contributed by atoms with Gasteiger partial charge in [0.2, 0.25) is 5.88 Å². The Morgan fingerprint density at radius 3 is 2.39 bits per heavy atom. The fraction of sp³-hybridized carbons (Fsp3) is 0.118. The highest BCUT2D eigenvalue weighted by Crippen LogP contribution is 2.23. The smallest absolute Gasteiger partial charge is 0.349 e. The lowest BCUT2D eigenvalue weighted by Crippen LogP contribution is -2.10. The van der Waals surface area contributed by atoms with Gasteiger partial charge in [-0.3, -0.25) is 0 Å². The fourth-order valence-corrected chi connectivity index (χ4v) is 2.04. The number of nitrogens with zero attached hydrogens (tertiary/aromatic N) is 2. The molecule has 0 bridgehead atoms. The molecule has 0 radical (unpaired) electrons. The predicted molar refractivity (Wildman–Crippen MR) is 81.7 cm³/mol. The van der Waals surface area contributed by atoms with E-state index in [-0.39, 0.29) is 0 Å². The van der Waals surface area contributed by atoms with Gasteiger partial charge >= 0.3 is 5.97 Å². The van der Waals surface area contributed by atoms with Gasteiger partial charge in [-0.2, -0.15) is 0 Å². The largest absolute Gasteiger partial charge is 0.439 e. The SMILES string of the molecule is Cc1noc(C)c1C(=O)Oc1ccc(Oc2ccccn2)cc1. The molecule has 0 aliphatic carbocycles. The molecule has 116 valence electrons. The van der Waals surface area contributed by atoms with Gasteiger partial charge < -0.3 is 14.0 Å². The standard InChI is InChI=1S/C17H14N2O4/c1-11-16(12(2)23-19-11)17(20)22-14-8-6-13(7-9-14)21-15-5-3-4-10-18-15/h3-10H,1-2H3. The van der Waals surface area contributed by atoms with E-state index in [1.54, 1.807) is 50.4 Å². The summed E-state index contributed by atoms with van der Waals surface area (Å²) in [5, 5.41) is 3.74. The molecule has 0 amide bonds. The lowest BCUT2D eigenvalue weighted by molar-refractivity contribution is 0.0732. The van der Waals surface area contributed by atoms with Gasteiger partial charge in [-0.15, -0.1) is 0 Å². The van der Waals surface area contributed by atoms with Crippen LogP contribution < -0.4 is 9.47 Å². The molecule has 6 heteroatoms. The van der Waals surface area contributed by atoms with Gasteiger partial charge in [0.05, 0.1) is 5.69 Å². The maximum atomic E-state index is 12.1. The molecule has 0 aliphatic rings. The van der Waals surface area contributed by atoms with Crippen molar-refractivity contribution in [2.24, 2.45) is 0 Å². The van der Waals surface area contributed by atoms with Gasteiger partial charge in [-0.1, -0.05) is 11.2 Å². The Kier molecular flexibility index (Phi) is 4.05. The Bertz CT molecular complexity index is 791. The van der Waals surface area contributed by atoms with Gasteiger partial charge in [0, 0.05) is 12.3 Å². The van der Waals surface area contributed by atoms with Gasteiger partial charge in [0.15, 0.2) is 0 Å². The van der Waals surface area contributed by atoms with Crippen molar-refractivity contribution >= 4 is 5.97 Å². The summed E-state index contributed by atoms with van der Waals surface area (Å²) in [6, 6.07) is 12.1. The van der Waals surface area contributed by atoms with E-state index in [2.05, 4.69) is 10.1 Å². The minimum Gasteiger partial charge on any atom is -0.439 e. The second-order valence-electron chi connectivity index (χ2n) is 4.83. The molecule has 0 spiro atoms. The highest BCUT2D eigenvalue weighted by atomic mass is 16.5. The lowest BCUT2D eigenvalue weighted by Gasteiger charge is -2.06. The van der Waals surface area contributed by atoms with Crippen molar-refractivity contribution in [1.82, 2.24) is 10.1 Å². The number of carbonyl (C=O) groups excluding carboxylic acids is 1. The zero-order valence-corrected chi connectivity index (χ0v) is 12.6. The maximum Gasteiger partial charge on any atom is 0.349 e. The first kappa shape index (κ1) is 14.8. The summed E-state index contributed by atoms with van der Waals surface area (Å²) in [5.74, 6) is 1.43. The molecule has 2 aromatic heterocycles. The molecular weight excluding hydrogens is 296 g/mol. The molecule has 0 saturated heterocycles. The van der Waals surface area contributed by atoms with E-state index in [0.717, 1.165) is 0 Å². The third kappa shape index (κ3) is 3.37. The van der Waals surface area contributed by atoms with Crippen molar-refractivity contribution in [3.63, 3.8) is 0 Å². The van der Waals surface area contributed by atoms with E-state index in [4.69, 9.17) is 14.0 Å². The molecule has 6 nitrogen and oxygen atoms in total. The van der Waals surface area contributed by atoms with Crippen molar-refractivity contribution in [3.8, 4) is 17.4 Å². The summed E-state index contributed by atoms with van der Waals surface area (Å²) in [6.45, 7) is 3.36. The van der Waals surface area contributed by atoms with Crippen molar-refractivity contribution in [3.05, 3.63) is 65.7 Å². The zero-order chi connectivity index (χ0) is 16.2. The summed E-state index contributed by atoms with van der Waals surface area (Å²) in [5.41, 5.74) is 0.849. The van der Waals surface area contributed by atoms with Gasteiger partial charge in [0.25, 0.3) is 0 Å². The third-order valence-electron chi connectivity index (χ3n) is 3.13. The number of hydrogen-bond acceptors (Lipinski definition) is 6. The quantitative estimate of drug-likeness (QED) is 0.540. The van der Waals surface area contributed by atoms with Gasteiger partial charge in [0.1, 0.15) is 22.8 Å². The molecule has 0 N–H and O–H groups in total. The van der Waals surface area contributed by atoms with Gasteiger partial charge in [-0.25, -0.2) is 9.78 Å². The number of aryl methyl sites for hydroxylation is 2. The number of ether oxygens (including phenoxy) is 2. The molecule has 2 heterocycles. The summed E-state index contributed by atoms with van der Waals surface area (Å²) in [4.78, 5) is 16.2. The Morgan fingerprint density at radius 2 is 1.78 bits per heavy atom. The van der Waals surface area contributed by atoms with Crippen molar-refractivity contribution in [2.75, 3.05) is 0 Å². The maximum absolute atomic E-state index is 12.1. The van der Waals surface area contributed by atoms with E-state index < -0.39 is 5.97 Å². The Hall–Kier alpha value is -3.15.